The van der Waals surface area contributed by atoms with Gasteiger partial charge >= 0.3 is 17.9 Å². The van der Waals surface area contributed by atoms with Crippen LogP contribution in [0, 0.1) is 0 Å². The number of rotatable bonds is 37. The van der Waals surface area contributed by atoms with Gasteiger partial charge in [-0.05, 0) is 51.4 Å². The van der Waals surface area contributed by atoms with Crippen molar-refractivity contribution in [2.24, 2.45) is 0 Å². The molecule has 0 N–H and O–H groups in total. The number of hydrogen-bond acceptors (Lipinski definition) is 6. The summed E-state index contributed by atoms with van der Waals surface area (Å²) in [6, 6.07) is 0. The van der Waals surface area contributed by atoms with E-state index in [-0.39, 0.29) is 37.5 Å². The Balaban J connectivity index is 4.52. The number of ether oxygens (including phenoxy) is 3. The van der Waals surface area contributed by atoms with Gasteiger partial charge < -0.3 is 14.2 Å². The summed E-state index contributed by atoms with van der Waals surface area (Å²) in [5, 5.41) is 0. The fraction of sp³-hybridized carbons (Fsp3) is 0.681. The summed E-state index contributed by atoms with van der Waals surface area (Å²) in [6.45, 7) is 6.34. The Morgan fingerprint density at radius 3 is 1.26 bits per heavy atom. The Morgan fingerprint density at radius 2 is 0.774 bits per heavy atom. The lowest BCUT2D eigenvalue weighted by atomic mass is 10.0. The molecule has 0 aliphatic heterocycles. The average Bonchev–Trinajstić information content (AvgIpc) is 3.15. The van der Waals surface area contributed by atoms with Gasteiger partial charge in [-0.15, -0.1) is 0 Å². The summed E-state index contributed by atoms with van der Waals surface area (Å²) in [7, 11) is 0. The Morgan fingerprint density at radius 1 is 0.396 bits per heavy atom. The van der Waals surface area contributed by atoms with Crippen LogP contribution >= 0.6 is 0 Å². The van der Waals surface area contributed by atoms with Crippen molar-refractivity contribution in [1.29, 1.82) is 0 Å². The zero-order valence-electron chi connectivity index (χ0n) is 34.3. The first-order valence-electron chi connectivity index (χ1n) is 21.5. The molecule has 0 spiro atoms. The molecule has 0 aliphatic carbocycles. The van der Waals surface area contributed by atoms with Crippen LogP contribution in [0.25, 0.3) is 0 Å². The highest BCUT2D eigenvalue weighted by molar-refractivity contribution is 5.71. The van der Waals surface area contributed by atoms with Gasteiger partial charge in [-0.3, -0.25) is 14.4 Å². The van der Waals surface area contributed by atoms with Crippen LogP contribution in [-0.4, -0.2) is 37.2 Å². The van der Waals surface area contributed by atoms with E-state index in [1.807, 2.05) is 54.7 Å². The quantitative estimate of drug-likeness (QED) is 0.0208. The van der Waals surface area contributed by atoms with Gasteiger partial charge in [0, 0.05) is 19.3 Å². The summed E-state index contributed by atoms with van der Waals surface area (Å²) in [6.07, 6.45) is 50.4. The topological polar surface area (TPSA) is 78.9 Å². The summed E-state index contributed by atoms with van der Waals surface area (Å²) < 4.78 is 16.5. The molecule has 0 fully saturated rings. The van der Waals surface area contributed by atoms with Gasteiger partial charge in [0.25, 0.3) is 0 Å². The van der Waals surface area contributed by atoms with Crippen molar-refractivity contribution in [3.63, 3.8) is 0 Å². The Labute approximate surface area is 325 Å². The van der Waals surface area contributed by atoms with Gasteiger partial charge in [-0.1, -0.05) is 190 Å². The third kappa shape index (κ3) is 39.9. The number of carbonyl (C=O) groups is 3. The van der Waals surface area contributed by atoms with Crippen molar-refractivity contribution in [3.05, 3.63) is 72.9 Å². The molecule has 0 saturated carbocycles. The van der Waals surface area contributed by atoms with E-state index < -0.39 is 6.10 Å². The van der Waals surface area contributed by atoms with Gasteiger partial charge in [0.15, 0.2) is 6.10 Å². The van der Waals surface area contributed by atoms with Crippen LogP contribution in [0.3, 0.4) is 0 Å². The SMILES string of the molecule is CC\C=C/C=C\C=C/C=C\C=C/CCCC(=O)OCC(COC(=O)CCC/C=C\CCCCCC)OC(=O)CCCCCCCCCCCCCCC. The van der Waals surface area contributed by atoms with Crippen molar-refractivity contribution in [3.8, 4) is 0 Å². The van der Waals surface area contributed by atoms with Gasteiger partial charge in [0.05, 0.1) is 0 Å². The monoisotopic (exact) mass is 739 g/mol. The third-order valence-corrected chi connectivity index (χ3v) is 8.82. The number of carbonyl (C=O) groups excluding carboxylic acids is 3. The predicted octanol–water partition coefficient (Wildman–Crippen LogP) is 13.5. The largest absolute Gasteiger partial charge is 0.462 e. The highest BCUT2D eigenvalue weighted by Crippen LogP contribution is 2.14. The lowest BCUT2D eigenvalue weighted by molar-refractivity contribution is -0.167. The van der Waals surface area contributed by atoms with Crippen molar-refractivity contribution in [1.82, 2.24) is 0 Å². The lowest BCUT2D eigenvalue weighted by Gasteiger charge is -2.18. The molecule has 0 bridgehead atoms. The molecule has 1 unspecified atom stereocenters. The Kier molecular flexibility index (Phi) is 39.1. The standard InChI is InChI=1S/C47H78O6/c1-4-7-10-13-16-19-21-23-25-28-31-34-37-40-46(49)52-43-44(42-51-45(48)39-36-33-30-27-18-15-12-9-6-3)53-47(50)41-38-35-32-29-26-24-22-20-17-14-11-8-5-2/h7,10,13,16,19,21,23,25,27-28,30-31,44H,4-6,8-9,11-12,14-15,17-18,20,22,24,26,29,32-43H2,1-3H3/b10-7-,16-13-,21-19-,25-23-,30-27-,31-28-. The van der Waals surface area contributed by atoms with E-state index in [1.54, 1.807) is 0 Å². The van der Waals surface area contributed by atoms with Crippen LogP contribution in [0.15, 0.2) is 72.9 Å². The molecular weight excluding hydrogens is 661 g/mol. The molecule has 0 amide bonds. The van der Waals surface area contributed by atoms with Crippen molar-refractivity contribution >= 4 is 17.9 Å². The summed E-state index contributed by atoms with van der Waals surface area (Å²) in [5.74, 6) is -1.03. The maximum Gasteiger partial charge on any atom is 0.306 e. The molecule has 6 heteroatoms. The molecule has 0 heterocycles. The van der Waals surface area contributed by atoms with E-state index in [0.717, 1.165) is 44.9 Å². The third-order valence-electron chi connectivity index (χ3n) is 8.82. The molecule has 6 nitrogen and oxygen atoms in total. The predicted molar refractivity (Wildman–Crippen MR) is 224 cm³/mol. The second kappa shape index (κ2) is 41.6. The first kappa shape index (κ1) is 49.9. The minimum absolute atomic E-state index is 0.113. The highest BCUT2D eigenvalue weighted by Gasteiger charge is 2.19. The smallest absolute Gasteiger partial charge is 0.306 e. The second-order valence-electron chi connectivity index (χ2n) is 14.0. The lowest BCUT2D eigenvalue weighted by Crippen LogP contribution is -2.30. The van der Waals surface area contributed by atoms with Crippen molar-refractivity contribution < 1.29 is 28.6 Å². The molecule has 53 heavy (non-hydrogen) atoms. The van der Waals surface area contributed by atoms with Crippen LogP contribution in [0.2, 0.25) is 0 Å². The minimum atomic E-state index is -0.809. The molecule has 0 radical (unpaired) electrons. The maximum atomic E-state index is 12.7. The van der Waals surface area contributed by atoms with Crippen LogP contribution in [0.4, 0.5) is 0 Å². The Bertz CT molecular complexity index is 1030. The molecule has 0 rings (SSSR count). The van der Waals surface area contributed by atoms with E-state index >= 15 is 0 Å². The zero-order chi connectivity index (χ0) is 38.7. The van der Waals surface area contributed by atoms with Gasteiger partial charge in [0.2, 0.25) is 0 Å². The average molecular weight is 739 g/mol. The van der Waals surface area contributed by atoms with Crippen molar-refractivity contribution in [2.45, 2.75) is 194 Å². The van der Waals surface area contributed by atoms with Gasteiger partial charge in [-0.25, -0.2) is 0 Å². The normalized spacial score (nSPS) is 12.7. The number of hydrogen-bond donors (Lipinski definition) is 0. The molecule has 302 valence electrons. The van der Waals surface area contributed by atoms with Gasteiger partial charge in [0.1, 0.15) is 13.2 Å². The minimum Gasteiger partial charge on any atom is -0.462 e. The fourth-order valence-corrected chi connectivity index (χ4v) is 5.59. The van der Waals surface area contributed by atoms with E-state index in [0.29, 0.717) is 25.7 Å². The van der Waals surface area contributed by atoms with E-state index in [4.69, 9.17) is 14.2 Å². The van der Waals surface area contributed by atoms with Crippen LogP contribution < -0.4 is 0 Å². The highest BCUT2D eigenvalue weighted by atomic mass is 16.6. The fourth-order valence-electron chi connectivity index (χ4n) is 5.59. The molecule has 0 aromatic carbocycles. The Hall–Kier alpha value is -3.15. The summed E-state index contributed by atoms with van der Waals surface area (Å²) >= 11 is 0. The van der Waals surface area contributed by atoms with E-state index in [9.17, 15) is 14.4 Å². The first-order valence-corrected chi connectivity index (χ1v) is 21.5. The van der Waals surface area contributed by atoms with Gasteiger partial charge in [-0.2, -0.15) is 0 Å². The number of unbranched alkanes of at least 4 members (excludes halogenated alkanes) is 18. The molecule has 0 aliphatic rings. The van der Waals surface area contributed by atoms with Crippen LogP contribution in [0.5, 0.6) is 0 Å². The van der Waals surface area contributed by atoms with Crippen LogP contribution in [0.1, 0.15) is 188 Å². The van der Waals surface area contributed by atoms with E-state index in [2.05, 4.69) is 39.0 Å². The zero-order valence-corrected chi connectivity index (χ0v) is 34.3. The number of allylic oxidation sites excluding steroid dienone is 12. The molecule has 0 saturated heterocycles. The second-order valence-corrected chi connectivity index (χ2v) is 14.0. The van der Waals surface area contributed by atoms with E-state index in [1.165, 1.54) is 89.9 Å². The maximum absolute atomic E-state index is 12.7. The summed E-state index contributed by atoms with van der Waals surface area (Å²) in [4.78, 5) is 37.5. The molecule has 1 atom stereocenters. The van der Waals surface area contributed by atoms with Crippen molar-refractivity contribution in [2.75, 3.05) is 13.2 Å². The molecule has 0 aromatic heterocycles. The first-order chi connectivity index (χ1) is 26.0. The van der Waals surface area contributed by atoms with Crippen LogP contribution in [-0.2, 0) is 28.6 Å². The molecular formula is C47H78O6. The molecule has 0 aromatic rings. The number of esters is 3. The summed E-state index contributed by atoms with van der Waals surface area (Å²) in [5.41, 5.74) is 0.